The van der Waals surface area contributed by atoms with Crippen LogP contribution in [0.1, 0.15) is 28.8 Å². The van der Waals surface area contributed by atoms with Gasteiger partial charge in [-0.3, -0.25) is 4.79 Å². The third-order valence-electron chi connectivity index (χ3n) is 4.70. The van der Waals surface area contributed by atoms with Crippen LogP contribution in [0.3, 0.4) is 0 Å². The largest absolute Gasteiger partial charge is 0.438 e. The highest BCUT2D eigenvalue weighted by Gasteiger charge is 2.18. The van der Waals surface area contributed by atoms with Crippen LogP contribution in [0.25, 0.3) is 11.0 Å². The zero-order valence-corrected chi connectivity index (χ0v) is 16.3. The van der Waals surface area contributed by atoms with E-state index in [1.54, 1.807) is 24.3 Å². The van der Waals surface area contributed by atoms with Crippen molar-refractivity contribution in [1.82, 2.24) is 5.32 Å². The Hall–Kier alpha value is -2.63. The summed E-state index contributed by atoms with van der Waals surface area (Å²) in [5.74, 6) is -0.243. The van der Waals surface area contributed by atoms with E-state index in [1.807, 2.05) is 31.2 Å². The Labute approximate surface area is 168 Å². The number of nitrogens with zero attached hydrogens (tertiary/aromatic N) is 1. The molecule has 5 nitrogen and oxygen atoms in total. The van der Waals surface area contributed by atoms with E-state index in [0.717, 1.165) is 36.1 Å². The predicted molar refractivity (Wildman–Crippen MR) is 109 cm³/mol. The molecule has 0 aliphatic carbocycles. The second-order valence-electron chi connectivity index (χ2n) is 6.94. The SMILES string of the molecule is Cc1cccc(N=c2oc3ccc(Cl)cc3cc2C(=O)NC[C@@H]2CCCO2)c1. The minimum atomic E-state index is -0.243. The van der Waals surface area contributed by atoms with Crippen molar-refractivity contribution in [3.63, 3.8) is 0 Å². The molecule has 1 aliphatic heterocycles. The second-order valence-corrected chi connectivity index (χ2v) is 7.38. The van der Waals surface area contributed by atoms with E-state index in [-0.39, 0.29) is 17.6 Å². The first-order chi connectivity index (χ1) is 13.6. The lowest BCUT2D eigenvalue weighted by atomic mass is 10.1. The van der Waals surface area contributed by atoms with Crippen LogP contribution >= 0.6 is 11.6 Å². The van der Waals surface area contributed by atoms with Crippen LogP contribution in [0.4, 0.5) is 5.69 Å². The molecular weight excluding hydrogens is 376 g/mol. The summed E-state index contributed by atoms with van der Waals surface area (Å²) in [5.41, 5.74) is 3.06. The monoisotopic (exact) mass is 396 g/mol. The molecule has 1 aromatic heterocycles. The number of ether oxygens (including phenoxy) is 1. The zero-order valence-electron chi connectivity index (χ0n) is 15.6. The van der Waals surface area contributed by atoms with E-state index in [4.69, 9.17) is 20.8 Å². The molecule has 0 radical (unpaired) electrons. The van der Waals surface area contributed by atoms with E-state index in [9.17, 15) is 4.79 Å². The van der Waals surface area contributed by atoms with Crippen LogP contribution in [0.5, 0.6) is 0 Å². The van der Waals surface area contributed by atoms with Gasteiger partial charge in [0.15, 0.2) is 0 Å². The van der Waals surface area contributed by atoms with Gasteiger partial charge in [0.1, 0.15) is 11.1 Å². The predicted octanol–water partition coefficient (Wildman–Crippen LogP) is 4.54. The molecule has 2 heterocycles. The summed E-state index contributed by atoms with van der Waals surface area (Å²) in [6.45, 7) is 3.21. The number of aryl methyl sites for hydroxylation is 1. The molecular formula is C22H21ClN2O3. The molecule has 1 saturated heterocycles. The summed E-state index contributed by atoms with van der Waals surface area (Å²) in [7, 11) is 0. The third-order valence-corrected chi connectivity index (χ3v) is 4.94. The number of halogens is 1. The van der Waals surface area contributed by atoms with Crippen molar-refractivity contribution in [2.24, 2.45) is 4.99 Å². The van der Waals surface area contributed by atoms with Gasteiger partial charge in [-0.1, -0.05) is 23.7 Å². The average Bonchev–Trinajstić information content (AvgIpc) is 3.19. The fourth-order valence-electron chi connectivity index (χ4n) is 3.27. The molecule has 4 rings (SSSR count). The van der Waals surface area contributed by atoms with Gasteiger partial charge >= 0.3 is 0 Å². The van der Waals surface area contributed by atoms with Gasteiger partial charge in [0.05, 0.1) is 11.8 Å². The Kier molecular flexibility index (Phi) is 5.46. The Balaban J connectivity index is 1.76. The van der Waals surface area contributed by atoms with Gasteiger partial charge in [0, 0.05) is 23.6 Å². The lowest BCUT2D eigenvalue weighted by molar-refractivity contribution is 0.0854. The van der Waals surface area contributed by atoms with Crippen molar-refractivity contribution >= 4 is 34.2 Å². The van der Waals surface area contributed by atoms with Crippen molar-refractivity contribution in [2.45, 2.75) is 25.9 Å². The first-order valence-corrected chi connectivity index (χ1v) is 9.71. The van der Waals surface area contributed by atoms with E-state index in [0.29, 0.717) is 22.7 Å². The molecule has 2 aromatic carbocycles. The summed E-state index contributed by atoms with van der Waals surface area (Å²) in [6, 6.07) is 14.8. The number of rotatable bonds is 4. The lowest BCUT2D eigenvalue weighted by Crippen LogP contribution is -2.34. The van der Waals surface area contributed by atoms with E-state index < -0.39 is 0 Å². The van der Waals surface area contributed by atoms with E-state index in [2.05, 4.69) is 10.3 Å². The number of fused-ring (bicyclic) bond motifs is 1. The fraction of sp³-hybridized carbons (Fsp3) is 0.273. The highest BCUT2D eigenvalue weighted by atomic mass is 35.5. The molecule has 1 amide bonds. The van der Waals surface area contributed by atoms with Crippen LogP contribution in [0, 0.1) is 6.92 Å². The summed E-state index contributed by atoms with van der Waals surface area (Å²) in [4.78, 5) is 17.5. The molecule has 1 N–H and O–H groups in total. The van der Waals surface area contributed by atoms with Gasteiger partial charge in [0.25, 0.3) is 5.91 Å². The quantitative estimate of drug-likeness (QED) is 0.704. The van der Waals surface area contributed by atoms with Crippen molar-refractivity contribution in [1.29, 1.82) is 0 Å². The van der Waals surface area contributed by atoms with Crippen LogP contribution in [-0.2, 0) is 4.74 Å². The van der Waals surface area contributed by atoms with Crippen LogP contribution in [0.2, 0.25) is 5.02 Å². The molecule has 0 spiro atoms. The van der Waals surface area contributed by atoms with Gasteiger partial charge in [0.2, 0.25) is 5.55 Å². The van der Waals surface area contributed by atoms with Gasteiger partial charge in [-0.25, -0.2) is 4.99 Å². The molecule has 1 atom stereocenters. The average molecular weight is 397 g/mol. The highest BCUT2D eigenvalue weighted by Crippen LogP contribution is 2.20. The Morgan fingerprint density at radius 2 is 2.14 bits per heavy atom. The van der Waals surface area contributed by atoms with Crippen LogP contribution in [0.15, 0.2) is 57.9 Å². The van der Waals surface area contributed by atoms with E-state index >= 15 is 0 Å². The van der Waals surface area contributed by atoms with Crippen molar-refractivity contribution < 1.29 is 13.9 Å². The van der Waals surface area contributed by atoms with Crippen molar-refractivity contribution in [2.75, 3.05) is 13.2 Å². The molecule has 0 saturated carbocycles. The number of carbonyl (C=O) groups is 1. The normalized spacial score (nSPS) is 17.2. The topological polar surface area (TPSA) is 63.8 Å². The van der Waals surface area contributed by atoms with Crippen molar-refractivity contribution in [3.8, 4) is 0 Å². The molecule has 0 bridgehead atoms. The summed E-state index contributed by atoms with van der Waals surface area (Å²) < 4.78 is 11.6. The second kappa shape index (κ2) is 8.17. The summed E-state index contributed by atoms with van der Waals surface area (Å²) in [6.07, 6.45) is 2.05. The number of carbonyl (C=O) groups excluding carboxylic acids is 1. The molecule has 3 aromatic rings. The zero-order chi connectivity index (χ0) is 19.5. The maximum atomic E-state index is 12.9. The van der Waals surface area contributed by atoms with E-state index in [1.165, 1.54) is 0 Å². The van der Waals surface area contributed by atoms with Crippen molar-refractivity contribution in [3.05, 3.63) is 70.2 Å². The maximum Gasteiger partial charge on any atom is 0.256 e. The molecule has 6 heteroatoms. The fourth-order valence-corrected chi connectivity index (χ4v) is 3.45. The maximum absolute atomic E-state index is 12.9. The number of benzene rings is 2. The van der Waals surface area contributed by atoms with Crippen LogP contribution in [-0.4, -0.2) is 25.2 Å². The first-order valence-electron chi connectivity index (χ1n) is 9.33. The van der Waals surface area contributed by atoms with Gasteiger partial charge in [-0.05, 0) is 61.7 Å². The summed E-state index contributed by atoms with van der Waals surface area (Å²) in [5, 5.41) is 4.27. The minimum absolute atomic E-state index is 0.0629. The Morgan fingerprint density at radius 3 is 2.93 bits per heavy atom. The molecule has 1 aliphatic rings. The highest BCUT2D eigenvalue weighted by molar-refractivity contribution is 6.31. The number of nitrogens with one attached hydrogen (secondary N) is 1. The van der Waals surface area contributed by atoms with Crippen LogP contribution < -0.4 is 10.9 Å². The molecule has 0 unspecified atom stereocenters. The van der Waals surface area contributed by atoms with Gasteiger partial charge in [-0.2, -0.15) is 0 Å². The minimum Gasteiger partial charge on any atom is -0.438 e. The standard InChI is InChI=1S/C22H21ClN2O3/c1-14-4-2-5-17(10-14)25-22-19(21(26)24-13-18-6-3-9-27-18)12-15-11-16(23)7-8-20(15)28-22/h2,4-5,7-8,10-12,18H,3,6,9,13H2,1H3,(H,24,26)/t18-/m0/s1. The lowest BCUT2D eigenvalue weighted by Gasteiger charge is -2.11. The Bertz CT molecular complexity index is 1080. The van der Waals surface area contributed by atoms with Gasteiger partial charge < -0.3 is 14.5 Å². The third kappa shape index (κ3) is 4.26. The summed E-state index contributed by atoms with van der Waals surface area (Å²) >= 11 is 6.10. The van der Waals surface area contributed by atoms with Gasteiger partial charge in [-0.15, -0.1) is 0 Å². The molecule has 1 fully saturated rings. The number of hydrogen-bond donors (Lipinski definition) is 1. The number of hydrogen-bond acceptors (Lipinski definition) is 4. The molecule has 28 heavy (non-hydrogen) atoms. The number of amides is 1. The Morgan fingerprint density at radius 1 is 1.25 bits per heavy atom. The first kappa shape index (κ1) is 18.7. The molecule has 144 valence electrons. The smallest absolute Gasteiger partial charge is 0.256 e.